The van der Waals surface area contributed by atoms with E-state index in [1.807, 2.05) is 11.8 Å². The predicted molar refractivity (Wildman–Crippen MR) is 92.6 cm³/mol. The van der Waals surface area contributed by atoms with Crippen LogP contribution in [0, 0.1) is 0 Å². The van der Waals surface area contributed by atoms with E-state index in [0.29, 0.717) is 5.92 Å². The average Bonchev–Trinajstić information content (AvgIpc) is 2.55. The largest absolute Gasteiger partial charge is 0.368 e. The molecule has 0 aromatic heterocycles. The molecule has 1 aromatic rings. The lowest BCUT2D eigenvalue weighted by molar-refractivity contribution is 0.191. The van der Waals surface area contributed by atoms with Crippen molar-refractivity contribution >= 4 is 11.7 Å². The molecule has 4 nitrogen and oxygen atoms in total. The van der Waals surface area contributed by atoms with E-state index in [1.54, 1.807) is 0 Å². The molecule has 0 radical (unpaired) electrons. The third kappa shape index (κ3) is 4.15. The minimum Gasteiger partial charge on any atom is -0.368 e. The summed E-state index contributed by atoms with van der Waals surface area (Å²) in [5.74, 6) is 0.565. The molecule has 0 saturated carbocycles. The summed E-state index contributed by atoms with van der Waals surface area (Å²) in [5.41, 5.74) is 2.63. The topological polar surface area (TPSA) is 35.6 Å². The molecule has 1 fully saturated rings. The van der Waals surface area contributed by atoms with Gasteiger partial charge in [-0.3, -0.25) is 0 Å². The third-order valence-electron chi connectivity index (χ3n) is 4.47. The Morgan fingerprint density at radius 2 is 1.68 bits per heavy atom. The van der Waals surface area contributed by atoms with E-state index < -0.39 is 0 Å². The number of hydrogen-bond acceptors (Lipinski definition) is 2. The molecule has 1 unspecified atom stereocenters. The van der Waals surface area contributed by atoms with Crippen molar-refractivity contribution in [1.29, 1.82) is 0 Å². The lowest BCUT2D eigenvalue weighted by Crippen LogP contribution is -2.53. The molecule has 0 aliphatic carbocycles. The van der Waals surface area contributed by atoms with Gasteiger partial charge in [-0.25, -0.2) is 4.79 Å². The van der Waals surface area contributed by atoms with Gasteiger partial charge in [0.25, 0.3) is 0 Å². The summed E-state index contributed by atoms with van der Waals surface area (Å²) in [6, 6.07) is 9.14. The van der Waals surface area contributed by atoms with Crippen LogP contribution < -0.4 is 10.2 Å². The van der Waals surface area contributed by atoms with Crippen LogP contribution in [-0.4, -0.2) is 43.2 Å². The Morgan fingerprint density at radius 1 is 1.09 bits per heavy atom. The summed E-state index contributed by atoms with van der Waals surface area (Å²) in [5, 5.41) is 3.04. The summed E-state index contributed by atoms with van der Waals surface area (Å²) in [6.07, 6.45) is 0.966. The highest BCUT2D eigenvalue weighted by Crippen LogP contribution is 2.21. The monoisotopic (exact) mass is 303 g/mol. The Hall–Kier alpha value is -1.71. The number of amides is 2. The van der Waals surface area contributed by atoms with Gasteiger partial charge in [-0.2, -0.15) is 0 Å². The number of carbonyl (C=O) groups excluding carboxylic acids is 1. The van der Waals surface area contributed by atoms with Crippen molar-refractivity contribution in [3.8, 4) is 0 Å². The van der Waals surface area contributed by atoms with Crippen LogP contribution in [0.25, 0.3) is 0 Å². The molecule has 1 atom stereocenters. The summed E-state index contributed by atoms with van der Waals surface area (Å²) in [6.45, 7) is 11.9. The van der Waals surface area contributed by atoms with E-state index in [0.717, 1.165) is 32.6 Å². The molecule has 1 heterocycles. The van der Waals surface area contributed by atoms with Crippen LogP contribution in [0.1, 0.15) is 45.6 Å². The smallest absolute Gasteiger partial charge is 0.317 e. The summed E-state index contributed by atoms with van der Waals surface area (Å²) < 4.78 is 0. The number of urea groups is 1. The van der Waals surface area contributed by atoms with Gasteiger partial charge in [0, 0.05) is 37.9 Å². The second-order valence-corrected chi connectivity index (χ2v) is 6.48. The molecular formula is C18H29N3O. The quantitative estimate of drug-likeness (QED) is 0.925. The summed E-state index contributed by atoms with van der Waals surface area (Å²) in [4.78, 5) is 16.4. The van der Waals surface area contributed by atoms with Crippen molar-refractivity contribution in [2.24, 2.45) is 0 Å². The average molecular weight is 303 g/mol. The van der Waals surface area contributed by atoms with Gasteiger partial charge in [0.05, 0.1) is 0 Å². The molecule has 1 saturated heterocycles. The Morgan fingerprint density at radius 3 is 2.18 bits per heavy atom. The highest BCUT2D eigenvalue weighted by Gasteiger charge is 2.21. The summed E-state index contributed by atoms with van der Waals surface area (Å²) in [7, 11) is 0. The zero-order chi connectivity index (χ0) is 16.1. The maximum absolute atomic E-state index is 12.1. The van der Waals surface area contributed by atoms with Crippen LogP contribution in [-0.2, 0) is 0 Å². The number of nitrogens with one attached hydrogen (secondary N) is 1. The molecule has 1 aromatic carbocycles. The molecule has 0 bridgehead atoms. The van der Waals surface area contributed by atoms with Gasteiger partial charge in [0.1, 0.15) is 0 Å². The number of carbonyl (C=O) groups is 1. The minimum atomic E-state index is 0.0733. The molecule has 1 aliphatic rings. The highest BCUT2D eigenvalue weighted by atomic mass is 16.2. The Balaban J connectivity index is 1.87. The van der Waals surface area contributed by atoms with E-state index in [1.165, 1.54) is 11.3 Å². The molecule has 2 amide bonds. The third-order valence-corrected chi connectivity index (χ3v) is 4.47. The van der Waals surface area contributed by atoms with E-state index in [9.17, 15) is 4.79 Å². The SMILES string of the molecule is CCC(C)NC(=O)N1CCN(c2ccc(C(C)C)cc2)CC1. The van der Waals surface area contributed by atoms with Crippen LogP contribution in [0.4, 0.5) is 10.5 Å². The number of anilines is 1. The summed E-state index contributed by atoms with van der Waals surface area (Å²) >= 11 is 0. The second-order valence-electron chi connectivity index (χ2n) is 6.48. The fraction of sp³-hybridized carbons (Fsp3) is 0.611. The zero-order valence-corrected chi connectivity index (χ0v) is 14.3. The fourth-order valence-electron chi connectivity index (χ4n) is 2.64. The molecule has 122 valence electrons. The van der Waals surface area contributed by atoms with Crippen LogP contribution in [0.3, 0.4) is 0 Å². The van der Waals surface area contributed by atoms with Crippen LogP contribution >= 0.6 is 0 Å². The van der Waals surface area contributed by atoms with Gasteiger partial charge in [-0.1, -0.05) is 32.9 Å². The number of benzene rings is 1. The minimum absolute atomic E-state index is 0.0733. The van der Waals surface area contributed by atoms with Gasteiger partial charge in [-0.15, -0.1) is 0 Å². The molecule has 0 spiro atoms. The van der Waals surface area contributed by atoms with Gasteiger partial charge in [0.2, 0.25) is 0 Å². The van der Waals surface area contributed by atoms with Crippen molar-refractivity contribution in [2.45, 2.75) is 46.1 Å². The van der Waals surface area contributed by atoms with Crippen molar-refractivity contribution in [1.82, 2.24) is 10.2 Å². The fourth-order valence-corrected chi connectivity index (χ4v) is 2.64. The number of nitrogens with zero attached hydrogens (tertiary/aromatic N) is 2. The molecule has 2 rings (SSSR count). The first-order valence-corrected chi connectivity index (χ1v) is 8.41. The standard InChI is InChI=1S/C18H29N3O/c1-5-15(4)19-18(22)21-12-10-20(11-13-21)17-8-6-16(7-9-17)14(2)3/h6-9,14-15H,5,10-13H2,1-4H3,(H,19,22). The normalized spacial score (nSPS) is 16.8. The first-order chi connectivity index (χ1) is 10.5. The second kappa shape index (κ2) is 7.52. The molecular weight excluding hydrogens is 274 g/mol. The van der Waals surface area contributed by atoms with Crippen LogP contribution in [0.15, 0.2) is 24.3 Å². The van der Waals surface area contributed by atoms with Crippen molar-refractivity contribution in [2.75, 3.05) is 31.1 Å². The lowest BCUT2D eigenvalue weighted by Gasteiger charge is -2.36. The van der Waals surface area contributed by atoms with E-state index >= 15 is 0 Å². The Bertz CT molecular complexity index is 476. The maximum Gasteiger partial charge on any atom is 0.317 e. The maximum atomic E-state index is 12.1. The Kier molecular flexibility index (Phi) is 5.69. The van der Waals surface area contributed by atoms with Gasteiger partial charge >= 0.3 is 6.03 Å². The van der Waals surface area contributed by atoms with Crippen molar-refractivity contribution in [3.63, 3.8) is 0 Å². The van der Waals surface area contributed by atoms with E-state index in [-0.39, 0.29) is 12.1 Å². The van der Waals surface area contributed by atoms with E-state index in [2.05, 4.69) is 55.3 Å². The number of piperazine rings is 1. The van der Waals surface area contributed by atoms with E-state index in [4.69, 9.17) is 0 Å². The number of rotatable bonds is 4. The van der Waals surface area contributed by atoms with Crippen LogP contribution in [0.2, 0.25) is 0 Å². The van der Waals surface area contributed by atoms with Crippen LogP contribution in [0.5, 0.6) is 0 Å². The first-order valence-electron chi connectivity index (χ1n) is 8.41. The first kappa shape index (κ1) is 16.7. The van der Waals surface area contributed by atoms with Crippen molar-refractivity contribution in [3.05, 3.63) is 29.8 Å². The molecule has 1 N–H and O–H groups in total. The van der Waals surface area contributed by atoms with Gasteiger partial charge in [-0.05, 0) is 37.0 Å². The molecule has 4 heteroatoms. The highest BCUT2D eigenvalue weighted by molar-refractivity contribution is 5.74. The number of hydrogen-bond donors (Lipinski definition) is 1. The van der Waals surface area contributed by atoms with Crippen molar-refractivity contribution < 1.29 is 4.79 Å². The Labute approximate surface area is 134 Å². The molecule has 1 aliphatic heterocycles. The zero-order valence-electron chi connectivity index (χ0n) is 14.3. The lowest BCUT2D eigenvalue weighted by atomic mass is 10.0. The predicted octanol–water partition coefficient (Wildman–Crippen LogP) is 3.44. The van der Waals surface area contributed by atoms with Gasteiger partial charge < -0.3 is 15.1 Å². The molecule has 22 heavy (non-hydrogen) atoms. The van der Waals surface area contributed by atoms with Gasteiger partial charge in [0.15, 0.2) is 0 Å².